The average molecular weight is 323 g/mol. The van der Waals surface area contributed by atoms with Crippen molar-refractivity contribution in [2.75, 3.05) is 19.6 Å². The molecule has 0 radical (unpaired) electrons. The van der Waals surface area contributed by atoms with Crippen LogP contribution in [0.15, 0.2) is 24.3 Å². The molecule has 126 valence electrons. The van der Waals surface area contributed by atoms with Gasteiger partial charge in [0.25, 0.3) is 5.91 Å². The molecule has 1 N–H and O–H groups in total. The molecule has 4 nitrogen and oxygen atoms in total. The predicted molar refractivity (Wildman–Crippen MR) is 96.4 cm³/mol. The fraction of sp³-hybridized carbons (Fsp3) is 0.500. The molecule has 0 saturated carbocycles. The third-order valence-electron chi connectivity index (χ3n) is 5.55. The Morgan fingerprint density at radius 3 is 3.04 bits per heavy atom. The van der Waals surface area contributed by atoms with Crippen molar-refractivity contribution < 1.29 is 4.79 Å². The molecule has 4 heteroatoms. The number of benzene rings is 1. The smallest absolute Gasteiger partial charge is 0.252 e. The lowest BCUT2D eigenvalue weighted by Crippen LogP contribution is -2.40. The normalized spacial score (nSPS) is 20.5. The number of carbonyl (C=O) groups is 1. The van der Waals surface area contributed by atoms with Crippen LogP contribution in [0, 0.1) is 0 Å². The van der Waals surface area contributed by atoms with Crippen molar-refractivity contribution in [3.05, 3.63) is 41.1 Å². The lowest BCUT2D eigenvalue weighted by molar-refractivity contribution is 0.0942. The van der Waals surface area contributed by atoms with Crippen LogP contribution >= 0.6 is 0 Å². The fourth-order valence-electron chi connectivity index (χ4n) is 4.31. The Hall–Kier alpha value is -1.94. The van der Waals surface area contributed by atoms with Crippen molar-refractivity contribution in [2.24, 2.45) is 0 Å². The van der Waals surface area contributed by atoms with Gasteiger partial charge in [0.05, 0.1) is 11.1 Å². The number of amides is 1. The van der Waals surface area contributed by atoms with Gasteiger partial charge in [-0.1, -0.05) is 25.1 Å². The van der Waals surface area contributed by atoms with E-state index in [0.29, 0.717) is 6.04 Å². The highest BCUT2D eigenvalue weighted by molar-refractivity contribution is 6.07. The minimum absolute atomic E-state index is 0.0784. The Morgan fingerprint density at radius 2 is 2.17 bits per heavy atom. The SMILES string of the molecule is CCN1CCCC1CNC(=O)c1c2c(nc3ccccc13)CCC2. The van der Waals surface area contributed by atoms with E-state index in [9.17, 15) is 4.79 Å². The lowest BCUT2D eigenvalue weighted by Gasteiger charge is -2.23. The predicted octanol–water partition coefficient (Wildman–Crippen LogP) is 2.94. The molecule has 24 heavy (non-hydrogen) atoms. The van der Waals surface area contributed by atoms with E-state index >= 15 is 0 Å². The monoisotopic (exact) mass is 323 g/mol. The van der Waals surface area contributed by atoms with E-state index in [1.165, 1.54) is 18.4 Å². The van der Waals surface area contributed by atoms with E-state index in [0.717, 1.165) is 61.1 Å². The second kappa shape index (κ2) is 6.52. The zero-order chi connectivity index (χ0) is 16.5. The quantitative estimate of drug-likeness (QED) is 0.941. The van der Waals surface area contributed by atoms with Gasteiger partial charge in [-0.2, -0.15) is 0 Å². The van der Waals surface area contributed by atoms with Crippen LogP contribution in [0.3, 0.4) is 0 Å². The van der Waals surface area contributed by atoms with Gasteiger partial charge in [0, 0.05) is 23.7 Å². The molecule has 1 amide bonds. The maximum atomic E-state index is 13.0. The van der Waals surface area contributed by atoms with Gasteiger partial charge in [-0.05, 0) is 56.8 Å². The summed E-state index contributed by atoms with van der Waals surface area (Å²) in [4.78, 5) is 20.3. The summed E-state index contributed by atoms with van der Waals surface area (Å²) in [6, 6.07) is 8.53. The van der Waals surface area contributed by atoms with E-state index in [2.05, 4.69) is 17.1 Å². The average Bonchev–Trinajstić information content (AvgIpc) is 3.25. The number of pyridine rings is 1. The van der Waals surface area contributed by atoms with Crippen LogP contribution in [0.5, 0.6) is 0 Å². The topological polar surface area (TPSA) is 45.2 Å². The van der Waals surface area contributed by atoms with Crippen molar-refractivity contribution >= 4 is 16.8 Å². The van der Waals surface area contributed by atoms with Crippen LogP contribution in [0.1, 0.15) is 47.8 Å². The van der Waals surface area contributed by atoms with Crippen molar-refractivity contribution in [1.82, 2.24) is 15.2 Å². The number of nitrogens with zero attached hydrogens (tertiary/aromatic N) is 2. The largest absolute Gasteiger partial charge is 0.350 e. The van der Waals surface area contributed by atoms with Crippen LogP contribution in [-0.4, -0.2) is 41.5 Å². The summed E-state index contributed by atoms with van der Waals surface area (Å²) in [5.74, 6) is 0.0784. The number of likely N-dealkylation sites (tertiary alicyclic amines) is 1. The molecule has 1 aliphatic carbocycles. The zero-order valence-electron chi connectivity index (χ0n) is 14.3. The molecular weight excluding hydrogens is 298 g/mol. The van der Waals surface area contributed by atoms with E-state index in [1.807, 2.05) is 24.3 Å². The first-order chi connectivity index (χ1) is 11.8. The molecule has 1 saturated heterocycles. The lowest BCUT2D eigenvalue weighted by atomic mass is 10.0. The Labute approximate surface area is 143 Å². The van der Waals surface area contributed by atoms with E-state index in [1.54, 1.807) is 0 Å². The highest BCUT2D eigenvalue weighted by atomic mass is 16.1. The minimum Gasteiger partial charge on any atom is -0.350 e. The molecular formula is C20H25N3O. The standard InChI is InChI=1S/C20H25N3O/c1-2-23-12-6-7-14(23)13-21-20(24)19-15-8-3-4-10-17(15)22-18-11-5-9-16(18)19/h3-4,8,10,14H,2,5-7,9,11-13H2,1H3,(H,21,24). The number of aromatic nitrogens is 1. The summed E-state index contributed by atoms with van der Waals surface area (Å²) in [6.45, 7) is 5.17. The van der Waals surface area contributed by atoms with Crippen molar-refractivity contribution in [3.63, 3.8) is 0 Å². The van der Waals surface area contributed by atoms with Crippen LogP contribution in [0.25, 0.3) is 10.9 Å². The third kappa shape index (κ3) is 2.69. The molecule has 4 rings (SSSR count). The van der Waals surface area contributed by atoms with Crippen molar-refractivity contribution in [2.45, 2.75) is 45.1 Å². The molecule has 2 aromatic rings. The number of hydrogen-bond acceptors (Lipinski definition) is 3. The van der Waals surface area contributed by atoms with Crippen LogP contribution < -0.4 is 5.32 Å². The molecule has 0 bridgehead atoms. The van der Waals surface area contributed by atoms with Gasteiger partial charge in [-0.25, -0.2) is 0 Å². The molecule has 1 atom stereocenters. The summed E-state index contributed by atoms with van der Waals surface area (Å²) in [7, 11) is 0. The minimum atomic E-state index is 0.0784. The van der Waals surface area contributed by atoms with Gasteiger partial charge in [-0.3, -0.25) is 14.7 Å². The molecule has 2 heterocycles. The van der Waals surface area contributed by atoms with Gasteiger partial charge in [0.1, 0.15) is 0 Å². The van der Waals surface area contributed by atoms with Crippen LogP contribution in [0.2, 0.25) is 0 Å². The molecule has 1 aromatic heterocycles. The fourth-order valence-corrected chi connectivity index (χ4v) is 4.31. The zero-order valence-corrected chi connectivity index (χ0v) is 14.3. The number of likely N-dealkylation sites (N-methyl/N-ethyl adjacent to an activating group) is 1. The van der Waals surface area contributed by atoms with Gasteiger partial charge < -0.3 is 5.32 Å². The number of nitrogens with one attached hydrogen (secondary N) is 1. The number of rotatable bonds is 4. The van der Waals surface area contributed by atoms with Gasteiger partial charge in [0.15, 0.2) is 0 Å². The molecule has 1 aromatic carbocycles. The Bertz CT molecular complexity index is 771. The van der Waals surface area contributed by atoms with Crippen LogP contribution in [0.4, 0.5) is 0 Å². The summed E-state index contributed by atoms with van der Waals surface area (Å²) >= 11 is 0. The number of aryl methyl sites for hydroxylation is 1. The Kier molecular flexibility index (Phi) is 4.23. The molecule has 1 fully saturated rings. The second-order valence-electron chi connectivity index (χ2n) is 6.92. The summed E-state index contributed by atoms with van der Waals surface area (Å²) in [5.41, 5.74) is 4.10. The van der Waals surface area contributed by atoms with E-state index in [-0.39, 0.29) is 5.91 Å². The first kappa shape index (κ1) is 15.6. The molecule has 1 aliphatic heterocycles. The maximum absolute atomic E-state index is 13.0. The Morgan fingerprint density at radius 1 is 1.29 bits per heavy atom. The number of carbonyl (C=O) groups excluding carboxylic acids is 1. The first-order valence-electron chi connectivity index (χ1n) is 9.20. The molecule has 1 unspecified atom stereocenters. The second-order valence-corrected chi connectivity index (χ2v) is 6.92. The highest BCUT2D eigenvalue weighted by Gasteiger charge is 2.26. The van der Waals surface area contributed by atoms with Crippen molar-refractivity contribution in [3.8, 4) is 0 Å². The highest BCUT2D eigenvalue weighted by Crippen LogP contribution is 2.30. The van der Waals surface area contributed by atoms with Gasteiger partial charge in [0.2, 0.25) is 0 Å². The van der Waals surface area contributed by atoms with Crippen LogP contribution in [-0.2, 0) is 12.8 Å². The maximum Gasteiger partial charge on any atom is 0.252 e. The molecule has 2 aliphatic rings. The first-order valence-corrected chi connectivity index (χ1v) is 9.20. The number of hydrogen-bond donors (Lipinski definition) is 1. The van der Waals surface area contributed by atoms with Gasteiger partial charge in [-0.15, -0.1) is 0 Å². The number of fused-ring (bicyclic) bond motifs is 2. The van der Waals surface area contributed by atoms with Crippen molar-refractivity contribution in [1.29, 1.82) is 0 Å². The summed E-state index contributed by atoms with van der Waals surface area (Å²) < 4.78 is 0. The summed E-state index contributed by atoms with van der Waals surface area (Å²) in [5, 5.41) is 4.21. The summed E-state index contributed by atoms with van der Waals surface area (Å²) in [6.07, 6.45) is 5.49. The molecule has 0 spiro atoms. The van der Waals surface area contributed by atoms with E-state index < -0.39 is 0 Å². The van der Waals surface area contributed by atoms with Gasteiger partial charge >= 0.3 is 0 Å². The Balaban J connectivity index is 1.62. The van der Waals surface area contributed by atoms with E-state index in [4.69, 9.17) is 4.98 Å². The number of para-hydroxylation sites is 1. The third-order valence-corrected chi connectivity index (χ3v) is 5.55.